The highest BCUT2D eigenvalue weighted by atomic mass is 16.3. The summed E-state index contributed by atoms with van der Waals surface area (Å²) in [6.45, 7) is 2.22. The van der Waals surface area contributed by atoms with Gasteiger partial charge in [0.25, 0.3) is 0 Å². The topological polar surface area (TPSA) is 32.3 Å². The highest BCUT2D eigenvalue weighted by Gasteiger charge is 2.20. The molecule has 0 saturated carbocycles. The fraction of sp³-hybridized carbons (Fsp3) is 0.571. The van der Waals surface area contributed by atoms with E-state index < -0.39 is 0 Å². The summed E-state index contributed by atoms with van der Waals surface area (Å²) in [5.41, 5.74) is 1.03. The van der Waals surface area contributed by atoms with Crippen LogP contribution in [0.15, 0.2) is 30.3 Å². The molecular weight excluding hydrogens is 198 g/mol. The lowest BCUT2D eigenvalue weighted by atomic mass is 9.93. The van der Waals surface area contributed by atoms with Crippen molar-refractivity contribution in [1.29, 1.82) is 0 Å². The van der Waals surface area contributed by atoms with E-state index in [0.717, 1.165) is 12.0 Å². The van der Waals surface area contributed by atoms with E-state index in [9.17, 15) is 5.11 Å². The fourth-order valence-electron chi connectivity index (χ4n) is 2.51. The molecule has 88 valence electrons. The highest BCUT2D eigenvalue weighted by molar-refractivity contribution is 5.17. The summed E-state index contributed by atoms with van der Waals surface area (Å²) in [6.07, 6.45) is 4.23. The summed E-state index contributed by atoms with van der Waals surface area (Å²) in [4.78, 5) is 0. The zero-order chi connectivity index (χ0) is 11.4. The van der Waals surface area contributed by atoms with E-state index in [-0.39, 0.29) is 6.10 Å². The molecule has 0 spiro atoms. The number of piperidine rings is 1. The molecule has 0 unspecified atom stereocenters. The lowest BCUT2D eigenvalue weighted by Gasteiger charge is -2.30. The van der Waals surface area contributed by atoms with Gasteiger partial charge in [-0.1, -0.05) is 36.8 Å². The second-order valence-electron chi connectivity index (χ2n) is 4.86. The van der Waals surface area contributed by atoms with Gasteiger partial charge in [-0.25, -0.2) is 0 Å². The van der Waals surface area contributed by atoms with Crippen molar-refractivity contribution in [2.45, 2.75) is 50.8 Å². The molecule has 0 bridgehead atoms. The molecule has 2 rings (SSSR count). The summed E-state index contributed by atoms with van der Waals surface area (Å²) < 4.78 is 0. The van der Waals surface area contributed by atoms with Gasteiger partial charge in [0.05, 0.1) is 6.10 Å². The van der Waals surface area contributed by atoms with Crippen LogP contribution in [0.3, 0.4) is 0 Å². The minimum absolute atomic E-state index is 0.330. The maximum atomic E-state index is 10.1. The third kappa shape index (κ3) is 3.06. The van der Waals surface area contributed by atoms with Crippen LogP contribution in [0.2, 0.25) is 0 Å². The summed E-state index contributed by atoms with van der Waals surface area (Å²) >= 11 is 0. The van der Waals surface area contributed by atoms with Crippen molar-refractivity contribution < 1.29 is 5.11 Å². The molecule has 0 radical (unpaired) electrons. The molecule has 1 heterocycles. The smallest absolute Gasteiger partial charge is 0.0804 e. The molecule has 1 aromatic rings. The predicted octanol–water partition coefficient (Wildman–Crippen LogP) is 2.64. The molecule has 0 aromatic heterocycles. The van der Waals surface area contributed by atoms with Crippen LogP contribution in [0.25, 0.3) is 0 Å². The van der Waals surface area contributed by atoms with Gasteiger partial charge in [-0.2, -0.15) is 0 Å². The number of nitrogens with one attached hydrogen (secondary N) is 1. The molecule has 2 heteroatoms. The van der Waals surface area contributed by atoms with Gasteiger partial charge in [-0.3, -0.25) is 0 Å². The first-order valence-electron chi connectivity index (χ1n) is 6.25. The molecule has 0 amide bonds. The lowest BCUT2D eigenvalue weighted by molar-refractivity contribution is 0.139. The first-order chi connectivity index (χ1) is 7.75. The van der Waals surface area contributed by atoms with E-state index in [1.807, 2.05) is 30.3 Å². The minimum atomic E-state index is -0.330. The Morgan fingerprint density at radius 3 is 2.75 bits per heavy atom. The van der Waals surface area contributed by atoms with Gasteiger partial charge >= 0.3 is 0 Å². The summed E-state index contributed by atoms with van der Waals surface area (Å²) in [7, 11) is 0. The van der Waals surface area contributed by atoms with E-state index in [1.54, 1.807) is 0 Å². The van der Waals surface area contributed by atoms with Crippen LogP contribution in [0.1, 0.15) is 44.3 Å². The van der Waals surface area contributed by atoms with Crippen molar-refractivity contribution in [3.05, 3.63) is 35.9 Å². The van der Waals surface area contributed by atoms with E-state index >= 15 is 0 Å². The van der Waals surface area contributed by atoms with Crippen LogP contribution < -0.4 is 5.32 Å². The number of hydrogen-bond acceptors (Lipinski definition) is 2. The van der Waals surface area contributed by atoms with Gasteiger partial charge in [0, 0.05) is 12.1 Å². The minimum Gasteiger partial charge on any atom is -0.388 e. The Hall–Kier alpha value is -0.860. The first-order valence-corrected chi connectivity index (χ1v) is 6.25. The Morgan fingerprint density at radius 2 is 2.06 bits per heavy atom. The first kappa shape index (κ1) is 11.6. The molecule has 1 fully saturated rings. The fourth-order valence-corrected chi connectivity index (χ4v) is 2.51. The summed E-state index contributed by atoms with van der Waals surface area (Å²) in [5.74, 6) is 0. The zero-order valence-corrected chi connectivity index (χ0v) is 9.89. The monoisotopic (exact) mass is 219 g/mol. The summed E-state index contributed by atoms with van der Waals surface area (Å²) in [6, 6.07) is 11.0. The van der Waals surface area contributed by atoms with Crippen LogP contribution in [0.4, 0.5) is 0 Å². The van der Waals surface area contributed by atoms with Crippen molar-refractivity contribution >= 4 is 0 Å². The Labute approximate surface area is 97.7 Å². The zero-order valence-electron chi connectivity index (χ0n) is 9.89. The molecular formula is C14H21NO. The average molecular weight is 219 g/mol. The standard InChI is InChI=1S/C14H21NO/c1-11-6-5-9-13(15-11)10-14(16)12-7-3-2-4-8-12/h2-4,7-8,11,13-16H,5-6,9-10H2,1H3/t11-,13-,14-/m0/s1. The van der Waals surface area contributed by atoms with E-state index in [1.165, 1.54) is 19.3 Å². The van der Waals surface area contributed by atoms with Crippen LogP contribution in [0.5, 0.6) is 0 Å². The van der Waals surface area contributed by atoms with Gasteiger partial charge in [-0.05, 0) is 31.7 Å². The third-order valence-corrected chi connectivity index (χ3v) is 3.40. The molecule has 3 atom stereocenters. The molecule has 1 aromatic carbocycles. The third-order valence-electron chi connectivity index (χ3n) is 3.40. The Bertz CT molecular complexity index is 312. The molecule has 0 aliphatic carbocycles. The van der Waals surface area contributed by atoms with Crippen LogP contribution >= 0.6 is 0 Å². The maximum absolute atomic E-state index is 10.1. The average Bonchev–Trinajstić information content (AvgIpc) is 2.30. The van der Waals surface area contributed by atoms with Crippen LogP contribution in [0, 0.1) is 0 Å². The number of aliphatic hydroxyl groups is 1. The SMILES string of the molecule is C[C@H]1CCC[C@@H](C[C@H](O)c2ccccc2)N1. The van der Waals surface area contributed by atoms with Gasteiger partial charge in [0.15, 0.2) is 0 Å². The Kier molecular flexibility index (Phi) is 3.97. The summed E-state index contributed by atoms with van der Waals surface area (Å²) in [5, 5.41) is 13.7. The van der Waals surface area contributed by atoms with E-state index in [2.05, 4.69) is 12.2 Å². The Morgan fingerprint density at radius 1 is 1.31 bits per heavy atom. The molecule has 1 saturated heterocycles. The van der Waals surface area contributed by atoms with Crippen LogP contribution in [-0.2, 0) is 0 Å². The van der Waals surface area contributed by atoms with Crippen molar-refractivity contribution in [2.75, 3.05) is 0 Å². The van der Waals surface area contributed by atoms with Crippen molar-refractivity contribution in [3.63, 3.8) is 0 Å². The van der Waals surface area contributed by atoms with Gasteiger partial charge < -0.3 is 10.4 Å². The van der Waals surface area contributed by atoms with E-state index in [0.29, 0.717) is 12.1 Å². The molecule has 2 N–H and O–H groups in total. The number of hydrogen-bond donors (Lipinski definition) is 2. The van der Waals surface area contributed by atoms with Gasteiger partial charge in [-0.15, -0.1) is 0 Å². The van der Waals surface area contributed by atoms with Crippen molar-refractivity contribution in [3.8, 4) is 0 Å². The number of benzene rings is 1. The normalized spacial score (nSPS) is 27.6. The van der Waals surface area contributed by atoms with Crippen molar-refractivity contribution in [2.24, 2.45) is 0 Å². The largest absolute Gasteiger partial charge is 0.388 e. The second kappa shape index (κ2) is 5.46. The van der Waals surface area contributed by atoms with Crippen LogP contribution in [-0.4, -0.2) is 17.2 Å². The van der Waals surface area contributed by atoms with Gasteiger partial charge in [0.1, 0.15) is 0 Å². The predicted molar refractivity (Wildman–Crippen MR) is 66.3 cm³/mol. The quantitative estimate of drug-likeness (QED) is 0.819. The molecule has 2 nitrogen and oxygen atoms in total. The highest BCUT2D eigenvalue weighted by Crippen LogP contribution is 2.23. The lowest BCUT2D eigenvalue weighted by Crippen LogP contribution is -2.41. The Balaban J connectivity index is 1.89. The maximum Gasteiger partial charge on any atom is 0.0804 e. The number of aliphatic hydroxyl groups excluding tert-OH is 1. The molecule has 1 aliphatic heterocycles. The number of rotatable bonds is 3. The molecule has 1 aliphatic rings. The van der Waals surface area contributed by atoms with Crippen molar-refractivity contribution in [1.82, 2.24) is 5.32 Å². The second-order valence-corrected chi connectivity index (χ2v) is 4.86. The molecule has 16 heavy (non-hydrogen) atoms. The van der Waals surface area contributed by atoms with E-state index in [4.69, 9.17) is 0 Å². The van der Waals surface area contributed by atoms with Gasteiger partial charge in [0.2, 0.25) is 0 Å².